The summed E-state index contributed by atoms with van der Waals surface area (Å²) in [5.74, 6) is 0.260. The van der Waals surface area contributed by atoms with Crippen molar-refractivity contribution in [3.63, 3.8) is 0 Å². The van der Waals surface area contributed by atoms with Crippen LogP contribution in [-0.4, -0.2) is 40.4 Å². The number of carbonyl (C=O) groups is 1. The minimum atomic E-state index is -0.442. The fraction of sp³-hybridized carbons (Fsp3) is 0.923. The Hall–Kier alpha value is -0.770. The molecule has 1 amide bonds. The van der Waals surface area contributed by atoms with Gasteiger partial charge in [0.1, 0.15) is 5.60 Å². The van der Waals surface area contributed by atoms with Crippen LogP contribution in [0.2, 0.25) is 0 Å². The Balaban J connectivity index is 2.01. The number of hydrogen-bond donors (Lipinski definition) is 1. The zero-order valence-corrected chi connectivity index (χ0v) is 11.0. The van der Waals surface area contributed by atoms with Crippen molar-refractivity contribution >= 4 is 6.09 Å². The van der Waals surface area contributed by atoms with Crippen LogP contribution >= 0.6 is 0 Å². The van der Waals surface area contributed by atoms with Crippen molar-refractivity contribution in [2.45, 2.75) is 64.2 Å². The molecule has 0 aromatic rings. The third kappa shape index (κ3) is 2.73. The van der Waals surface area contributed by atoms with E-state index in [4.69, 9.17) is 4.74 Å². The summed E-state index contributed by atoms with van der Waals surface area (Å²) in [6.07, 6.45) is 3.33. The number of hydrogen-bond acceptors (Lipinski definition) is 3. The average molecular weight is 241 g/mol. The second-order valence-electron chi connectivity index (χ2n) is 6.19. The fourth-order valence-corrected chi connectivity index (χ4v) is 2.99. The molecule has 2 rings (SSSR count). The van der Waals surface area contributed by atoms with Crippen molar-refractivity contribution < 1.29 is 14.6 Å². The van der Waals surface area contributed by atoms with E-state index in [2.05, 4.69) is 0 Å². The first-order valence-electron chi connectivity index (χ1n) is 6.56. The number of nitrogens with zero attached hydrogens (tertiary/aromatic N) is 1. The van der Waals surface area contributed by atoms with Crippen LogP contribution in [0.4, 0.5) is 4.79 Å². The van der Waals surface area contributed by atoms with Gasteiger partial charge >= 0.3 is 6.09 Å². The Morgan fingerprint density at radius 1 is 1.29 bits per heavy atom. The van der Waals surface area contributed by atoms with E-state index in [9.17, 15) is 9.90 Å². The molecule has 1 unspecified atom stereocenters. The van der Waals surface area contributed by atoms with Crippen LogP contribution in [0.25, 0.3) is 0 Å². The number of aliphatic hydroxyl groups excluding tert-OH is 1. The van der Waals surface area contributed by atoms with E-state index in [1.54, 1.807) is 0 Å². The smallest absolute Gasteiger partial charge is 0.410 e. The normalized spacial score (nSPS) is 33.4. The topological polar surface area (TPSA) is 49.8 Å². The van der Waals surface area contributed by atoms with Gasteiger partial charge in [-0.25, -0.2) is 4.79 Å². The highest BCUT2D eigenvalue weighted by molar-refractivity contribution is 5.69. The van der Waals surface area contributed by atoms with Crippen LogP contribution in [-0.2, 0) is 4.74 Å². The SMILES string of the molecule is CC(C)(C)OC(=O)N1CC[C@H]2C(O)CCC[C@H]21. The molecule has 4 nitrogen and oxygen atoms in total. The van der Waals surface area contributed by atoms with Crippen LogP contribution in [0.5, 0.6) is 0 Å². The highest BCUT2D eigenvalue weighted by Crippen LogP contribution is 2.37. The standard InChI is InChI=1S/C13H23NO3/c1-13(2,3)17-12(16)14-8-7-9-10(14)5-4-6-11(9)15/h9-11,15H,4-8H2,1-3H3/t9-,10-,11?/m1/s1. The minimum absolute atomic E-state index is 0.189. The fourth-order valence-electron chi connectivity index (χ4n) is 2.99. The van der Waals surface area contributed by atoms with Crippen molar-refractivity contribution in [1.29, 1.82) is 0 Å². The zero-order valence-electron chi connectivity index (χ0n) is 11.0. The highest BCUT2D eigenvalue weighted by Gasteiger charge is 2.43. The molecular weight excluding hydrogens is 218 g/mol. The summed E-state index contributed by atoms with van der Waals surface area (Å²) in [5.41, 5.74) is -0.442. The van der Waals surface area contributed by atoms with E-state index in [1.807, 2.05) is 25.7 Å². The molecule has 3 atom stereocenters. The maximum absolute atomic E-state index is 12.0. The van der Waals surface area contributed by atoms with Crippen molar-refractivity contribution in [1.82, 2.24) is 4.90 Å². The molecule has 1 heterocycles. The summed E-state index contributed by atoms with van der Waals surface area (Å²) in [6, 6.07) is 0.189. The first kappa shape index (κ1) is 12.7. The molecule has 1 saturated heterocycles. The minimum Gasteiger partial charge on any atom is -0.444 e. The van der Waals surface area contributed by atoms with Crippen LogP contribution in [0.15, 0.2) is 0 Å². The quantitative estimate of drug-likeness (QED) is 0.707. The van der Waals surface area contributed by atoms with Gasteiger partial charge in [0.2, 0.25) is 0 Å². The molecule has 17 heavy (non-hydrogen) atoms. The molecule has 0 spiro atoms. The molecule has 0 radical (unpaired) electrons. The molecule has 0 aromatic carbocycles. The Labute approximate surface area is 103 Å². The van der Waals surface area contributed by atoms with E-state index in [1.165, 1.54) is 0 Å². The first-order valence-corrected chi connectivity index (χ1v) is 6.56. The second-order valence-corrected chi connectivity index (χ2v) is 6.19. The number of fused-ring (bicyclic) bond motifs is 1. The van der Waals surface area contributed by atoms with Gasteiger partial charge in [0.15, 0.2) is 0 Å². The number of ether oxygens (including phenoxy) is 1. The van der Waals surface area contributed by atoms with Crippen LogP contribution in [0.1, 0.15) is 46.5 Å². The molecule has 2 fully saturated rings. The summed E-state index contributed by atoms with van der Waals surface area (Å²) in [6.45, 7) is 6.37. The van der Waals surface area contributed by atoms with E-state index in [0.29, 0.717) is 0 Å². The predicted molar refractivity (Wildman–Crippen MR) is 64.7 cm³/mol. The van der Waals surface area contributed by atoms with Crippen LogP contribution in [0.3, 0.4) is 0 Å². The van der Waals surface area contributed by atoms with Gasteiger partial charge in [0.25, 0.3) is 0 Å². The predicted octanol–water partition coefficient (Wildman–Crippen LogP) is 2.16. The van der Waals surface area contributed by atoms with Crippen molar-refractivity contribution in [3.8, 4) is 0 Å². The number of amides is 1. The lowest BCUT2D eigenvalue weighted by molar-refractivity contribution is 0.00481. The van der Waals surface area contributed by atoms with Gasteiger partial charge in [-0.1, -0.05) is 0 Å². The van der Waals surface area contributed by atoms with Crippen molar-refractivity contribution in [2.24, 2.45) is 5.92 Å². The van der Waals surface area contributed by atoms with Gasteiger partial charge in [-0.3, -0.25) is 0 Å². The molecule has 0 bridgehead atoms. The van der Waals surface area contributed by atoms with Crippen molar-refractivity contribution in [2.75, 3.05) is 6.54 Å². The molecule has 2 aliphatic rings. The van der Waals surface area contributed by atoms with Crippen LogP contribution in [0, 0.1) is 5.92 Å². The van der Waals surface area contributed by atoms with Gasteiger partial charge < -0.3 is 14.7 Å². The lowest BCUT2D eigenvalue weighted by Gasteiger charge is -2.35. The Morgan fingerprint density at radius 3 is 2.65 bits per heavy atom. The summed E-state index contributed by atoms with van der Waals surface area (Å²) in [4.78, 5) is 13.9. The van der Waals surface area contributed by atoms with Gasteiger partial charge in [-0.05, 0) is 46.5 Å². The molecule has 1 aliphatic carbocycles. The Morgan fingerprint density at radius 2 is 2.00 bits per heavy atom. The largest absolute Gasteiger partial charge is 0.444 e. The van der Waals surface area contributed by atoms with Crippen molar-refractivity contribution in [3.05, 3.63) is 0 Å². The second kappa shape index (κ2) is 4.48. The Bertz CT molecular complexity index is 298. The zero-order chi connectivity index (χ0) is 12.6. The molecule has 1 aliphatic heterocycles. The Kier molecular flexibility index (Phi) is 3.34. The summed E-state index contributed by atoms with van der Waals surface area (Å²) < 4.78 is 5.41. The number of carbonyl (C=O) groups excluding carboxylic acids is 1. The van der Waals surface area contributed by atoms with Gasteiger partial charge in [-0.2, -0.15) is 0 Å². The lowest BCUT2D eigenvalue weighted by atomic mass is 9.83. The molecule has 4 heteroatoms. The highest BCUT2D eigenvalue weighted by atomic mass is 16.6. The molecule has 98 valence electrons. The number of aliphatic hydroxyl groups is 1. The van der Waals surface area contributed by atoms with E-state index < -0.39 is 5.60 Å². The molecule has 1 saturated carbocycles. The van der Waals surface area contributed by atoms with Gasteiger partial charge in [-0.15, -0.1) is 0 Å². The first-order chi connectivity index (χ1) is 7.88. The monoisotopic (exact) mass is 241 g/mol. The molecule has 0 aromatic heterocycles. The van der Waals surface area contributed by atoms with Gasteiger partial charge in [0, 0.05) is 18.5 Å². The summed E-state index contributed by atoms with van der Waals surface area (Å²) in [5, 5.41) is 9.93. The third-order valence-corrected chi connectivity index (χ3v) is 3.72. The maximum Gasteiger partial charge on any atom is 0.410 e. The summed E-state index contributed by atoms with van der Waals surface area (Å²) in [7, 11) is 0. The van der Waals surface area contributed by atoms with E-state index >= 15 is 0 Å². The lowest BCUT2D eigenvalue weighted by Crippen LogP contribution is -2.45. The maximum atomic E-state index is 12.0. The van der Waals surface area contributed by atoms with E-state index in [-0.39, 0.29) is 24.2 Å². The summed E-state index contributed by atoms with van der Waals surface area (Å²) >= 11 is 0. The van der Waals surface area contributed by atoms with Crippen LogP contribution < -0.4 is 0 Å². The number of rotatable bonds is 0. The molecular formula is C13H23NO3. The third-order valence-electron chi connectivity index (χ3n) is 3.72. The number of likely N-dealkylation sites (tertiary alicyclic amines) is 1. The average Bonchev–Trinajstić information content (AvgIpc) is 2.60. The van der Waals surface area contributed by atoms with E-state index in [0.717, 1.165) is 32.2 Å². The molecule has 1 N–H and O–H groups in total. The van der Waals surface area contributed by atoms with Gasteiger partial charge in [0.05, 0.1) is 6.10 Å².